The van der Waals surface area contributed by atoms with Crippen LogP contribution in [-0.4, -0.2) is 37.0 Å². The summed E-state index contributed by atoms with van der Waals surface area (Å²) in [4.78, 5) is 37.9. The number of benzene rings is 2. The number of nitrogens with zero attached hydrogens (tertiary/aromatic N) is 1. The van der Waals surface area contributed by atoms with Crippen molar-refractivity contribution in [1.82, 2.24) is 10.2 Å². The highest BCUT2D eigenvalue weighted by Gasteiger charge is 2.34. The van der Waals surface area contributed by atoms with Gasteiger partial charge in [-0.3, -0.25) is 9.69 Å². The number of urea groups is 1. The zero-order valence-corrected chi connectivity index (χ0v) is 22.6. The van der Waals surface area contributed by atoms with Crippen molar-refractivity contribution in [2.75, 3.05) is 14.2 Å². The summed E-state index contributed by atoms with van der Waals surface area (Å²) in [5.41, 5.74) is 1.35. The molecule has 0 aliphatic carbocycles. The molecule has 1 aromatic heterocycles. The third-order valence-electron chi connectivity index (χ3n) is 5.31. The van der Waals surface area contributed by atoms with Gasteiger partial charge in [0.2, 0.25) is 5.76 Å². The van der Waals surface area contributed by atoms with Crippen LogP contribution in [-0.2, 0) is 22.7 Å². The van der Waals surface area contributed by atoms with E-state index in [1.807, 2.05) is 0 Å². The number of amides is 3. The van der Waals surface area contributed by atoms with Gasteiger partial charge in [-0.1, -0.05) is 45.2 Å². The third-order valence-corrected chi connectivity index (χ3v) is 6.58. The topological polar surface area (TPSA) is 107 Å². The number of halogens is 3. The fourth-order valence-electron chi connectivity index (χ4n) is 3.43. The van der Waals surface area contributed by atoms with Gasteiger partial charge in [-0.2, -0.15) is 0 Å². The molecule has 4 rings (SSSR count). The average molecular weight is 610 g/mol. The summed E-state index contributed by atoms with van der Waals surface area (Å²) < 4.78 is 21.9. The molecule has 1 aliphatic heterocycles. The van der Waals surface area contributed by atoms with Crippen LogP contribution in [0.15, 0.2) is 57.1 Å². The Labute approximate surface area is 230 Å². The lowest BCUT2D eigenvalue weighted by Gasteiger charge is -2.14. The van der Waals surface area contributed by atoms with Crippen molar-refractivity contribution >= 4 is 63.1 Å². The van der Waals surface area contributed by atoms with Crippen LogP contribution in [0.25, 0.3) is 6.08 Å². The van der Waals surface area contributed by atoms with E-state index in [-0.39, 0.29) is 30.4 Å². The summed E-state index contributed by atoms with van der Waals surface area (Å²) in [6.45, 7) is 0.0107. The van der Waals surface area contributed by atoms with Crippen molar-refractivity contribution in [1.29, 1.82) is 0 Å². The van der Waals surface area contributed by atoms with Crippen molar-refractivity contribution in [3.05, 3.63) is 85.3 Å². The molecule has 37 heavy (non-hydrogen) atoms. The molecular weight excluding hydrogens is 591 g/mol. The molecule has 0 saturated carbocycles. The van der Waals surface area contributed by atoms with Crippen molar-refractivity contribution < 1.29 is 33.0 Å². The van der Waals surface area contributed by atoms with Crippen LogP contribution in [0.2, 0.25) is 10.0 Å². The van der Waals surface area contributed by atoms with Crippen molar-refractivity contribution in [2.45, 2.75) is 13.2 Å². The fourth-order valence-corrected chi connectivity index (χ4v) is 4.33. The van der Waals surface area contributed by atoms with Gasteiger partial charge >= 0.3 is 12.0 Å². The molecule has 0 bridgehead atoms. The number of hydrogen-bond donors (Lipinski definition) is 1. The summed E-state index contributed by atoms with van der Waals surface area (Å²) in [6, 6.07) is 10.7. The predicted octanol–water partition coefficient (Wildman–Crippen LogP) is 5.82. The number of esters is 1. The number of nitrogens with one attached hydrogen (secondary N) is 1. The Kier molecular flexibility index (Phi) is 8.11. The molecule has 1 saturated heterocycles. The Hall–Kier alpha value is -3.47. The molecule has 3 amide bonds. The van der Waals surface area contributed by atoms with E-state index in [2.05, 4.69) is 26.0 Å². The van der Waals surface area contributed by atoms with Crippen molar-refractivity contribution in [3.63, 3.8) is 0 Å². The van der Waals surface area contributed by atoms with E-state index in [9.17, 15) is 14.4 Å². The van der Waals surface area contributed by atoms with E-state index in [1.165, 1.54) is 32.4 Å². The van der Waals surface area contributed by atoms with Crippen molar-refractivity contribution in [2.24, 2.45) is 0 Å². The minimum atomic E-state index is -0.661. The predicted molar refractivity (Wildman–Crippen MR) is 139 cm³/mol. The lowest BCUT2D eigenvalue weighted by Crippen LogP contribution is -2.30. The number of hydrogen-bond acceptors (Lipinski definition) is 7. The normalized spacial score (nSPS) is 14.2. The van der Waals surface area contributed by atoms with Crippen LogP contribution in [0.1, 0.15) is 27.4 Å². The molecule has 192 valence electrons. The Morgan fingerprint density at radius 2 is 1.89 bits per heavy atom. The first-order valence-corrected chi connectivity index (χ1v) is 12.2. The number of carbonyl (C=O) groups is 3. The first-order valence-electron chi connectivity index (χ1n) is 10.7. The van der Waals surface area contributed by atoms with Crippen LogP contribution in [0, 0.1) is 0 Å². The zero-order valence-electron chi connectivity index (χ0n) is 19.5. The van der Waals surface area contributed by atoms with Crippen LogP contribution in [0.3, 0.4) is 0 Å². The summed E-state index contributed by atoms with van der Waals surface area (Å²) in [5, 5.41) is 3.54. The molecule has 9 nitrogen and oxygen atoms in total. The Morgan fingerprint density at radius 1 is 1.11 bits per heavy atom. The van der Waals surface area contributed by atoms with Crippen LogP contribution in [0.4, 0.5) is 4.79 Å². The fraction of sp³-hybridized carbons (Fsp3) is 0.160. The number of ether oxygens (including phenoxy) is 3. The van der Waals surface area contributed by atoms with Gasteiger partial charge in [0.25, 0.3) is 5.91 Å². The zero-order chi connectivity index (χ0) is 26.7. The number of furan rings is 1. The second-order valence-corrected chi connectivity index (χ2v) is 9.38. The summed E-state index contributed by atoms with van der Waals surface area (Å²) in [6.07, 6.45) is 1.51. The van der Waals surface area contributed by atoms with E-state index in [1.54, 1.807) is 30.3 Å². The highest BCUT2D eigenvalue weighted by Crippen LogP contribution is 2.36. The quantitative estimate of drug-likeness (QED) is 0.195. The first kappa shape index (κ1) is 26.6. The van der Waals surface area contributed by atoms with Gasteiger partial charge in [0.15, 0.2) is 11.5 Å². The van der Waals surface area contributed by atoms with E-state index in [0.717, 1.165) is 10.5 Å². The summed E-state index contributed by atoms with van der Waals surface area (Å²) in [5.74, 6) is -0.173. The third kappa shape index (κ3) is 5.93. The lowest BCUT2D eigenvalue weighted by atomic mass is 10.1. The standard InChI is InChI=1S/C25H19BrCl2N2O7/c1-34-21-8-14(17(26)10-22(21)36-12-13-3-4-15(27)9-18(13)28)7-19-23(31)30(25(33)29-19)11-16-5-6-20(37-16)24(32)35-2/h3-10H,11-12H2,1-2H3,(H,29,33)/b19-7-. The minimum absolute atomic E-state index is 0.0306. The van der Waals surface area contributed by atoms with E-state index in [4.69, 9.17) is 37.1 Å². The SMILES string of the molecule is COC(=O)c1ccc(CN2C(=O)N/C(=C\c3cc(OC)c(OCc4ccc(Cl)cc4Cl)cc3Br)C2=O)o1. The molecular formula is C25H19BrCl2N2O7. The molecule has 1 fully saturated rings. The monoisotopic (exact) mass is 608 g/mol. The van der Waals surface area contributed by atoms with Crippen LogP contribution in [0.5, 0.6) is 11.5 Å². The Bertz CT molecular complexity index is 1420. The summed E-state index contributed by atoms with van der Waals surface area (Å²) >= 11 is 15.6. The van der Waals surface area contributed by atoms with Gasteiger partial charge < -0.3 is 23.9 Å². The van der Waals surface area contributed by atoms with E-state index < -0.39 is 17.9 Å². The second-order valence-electron chi connectivity index (χ2n) is 7.69. The maximum Gasteiger partial charge on any atom is 0.373 e. The first-order chi connectivity index (χ1) is 17.7. The van der Waals surface area contributed by atoms with Gasteiger partial charge in [0.05, 0.1) is 20.8 Å². The Morgan fingerprint density at radius 3 is 2.59 bits per heavy atom. The van der Waals surface area contributed by atoms with Gasteiger partial charge in [-0.15, -0.1) is 0 Å². The van der Waals surface area contributed by atoms with Gasteiger partial charge in [-0.05, 0) is 48.0 Å². The average Bonchev–Trinajstić information content (AvgIpc) is 3.44. The van der Waals surface area contributed by atoms with Crippen LogP contribution < -0.4 is 14.8 Å². The molecule has 1 N–H and O–H groups in total. The van der Waals surface area contributed by atoms with E-state index >= 15 is 0 Å². The Balaban J connectivity index is 1.51. The number of carbonyl (C=O) groups excluding carboxylic acids is 3. The van der Waals surface area contributed by atoms with Gasteiger partial charge in [-0.25, -0.2) is 9.59 Å². The second kappa shape index (κ2) is 11.3. The van der Waals surface area contributed by atoms with Gasteiger partial charge in [0, 0.05) is 20.1 Å². The maximum absolute atomic E-state index is 12.9. The highest BCUT2D eigenvalue weighted by atomic mass is 79.9. The molecule has 0 unspecified atom stereocenters. The van der Waals surface area contributed by atoms with E-state index in [0.29, 0.717) is 31.6 Å². The molecule has 0 radical (unpaired) electrons. The molecule has 1 aliphatic rings. The van der Waals surface area contributed by atoms with Gasteiger partial charge in [0.1, 0.15) is 18.1 Å². The molecule has 2 heterocycles. The number of rotatable bonds is 8. The number of imide groups is 1. The molecule has 0 spiro atoms. The molecule has 12 heteroatoms. The minimum Gasteiger partial charge on any atom is -0.493 e. The van der Waals surface area contributed by atoms with Crippen molar-refractivity contribution in [3.8, 4) is 11.5 Å². The molecule has 3 aromatic rings. The highest BCUT2D eigenvalue weighted by molar-refractivity contribution is 9.10. The summed E-state index contributed by atoms with van der Waals surface area (Å²) in [7, 11) is 2.71. The lowest BCUT2D eigenvalue weighted by molar-refractivity contribution is -0.123. The smallest absolute Gasteiger partial charge is 0.373 e. The van der Waals surface area contributed by atoms with Crippen LogP contribution >= 0.6 is 39.1 Å². The number of methoxy groups -OCH3 is 2. The maximum atomic E-state index is 12.9. The largest absolute Gasteiger partial charge is 0.493 e. The molecule has 0 atom stereocenters. The molecule has 2 aromatic carbocycles.